The molecule has 7 heteroatoms. The van der Waals surface area contributed by atoms with E-state index in [-0.39, 0.29) is 5.69 Å². The van der Waals surface area contributed by atoms with Gasteiger partial charge in [0.05, 0.1) is 4.92 Å². The van der Waals surface area contributed by atoms with Gasteiger partial charge in [-0.2, -0.15) is 0 Å². The van der Waals surface area contributed by atoms with Crippen LogP contribution in [0.5, 0.6) is 0 Å². The molecule has 0 aliphatic rings. The maximum absolute atomic E-state index is 10.6. The Bertz CT molecular complexity index is 763. The molecule has 3 aromatic rings. The lowest BCUT2D eigenvalue weighted by Crippen LogP contribution is -1.90. The molecule has 19 heavy (non-hydrogen) atoms. The van der Waals surface area contributed by atoms with Gasteiger partial charge in [-0.3, -0.25) is 10.1 Å². The van der Waals surface area contributed by atoms with Crippen LogP contribution in [0.2, 0.25) is 0 Å². The lowest BCUT2D eigenvalue weighted by atomic mass is 10.2. The smallest absolute Gasteiger partial charge is 0.258 e. The summed E-state index contributed by atoms with van der Waals surface area (Å²) in [6.07, 6.45) is 1.59. The number of aromatic nitrogens is 4. The third-order valence-electron chi connectivity index (χ3n) is 2.70. The first-order valence-electron chi connectivity index (χ1n) is 5.57. The molecule has 1 aromatic carbocycles. The van der Waals surface area contributed by atoms with E-state index in [2.05, 4.69) is 15.1 Å². The third kappa shape index (κ3) is 2.01. The molecule has 0 N–H and O–H groups in total. The summed E-state index contributed by atoms with van der Waals surface area (Å²) in [5.41, 5.74) is 2.33. The third-order valence-corrected chi connectivity index (χ3v) is 2.70. The fourth-order valence-corrected chi connectivity index (χ4v) is 1.74. The Labute approximate surface area is 107 Å². The van der Waals surface area contributed by atoms with Crippen molar-refractivity contribution in [2.75, 3.05) is 0 Å². The van der Waals surface area contributed by atoms with Gasteiger partial charge in [-0.25, -0.2) is 14.5 Å². The van der Waals surface area contributed by atoms with Crippen molar-refractivity contribution in [1.82, 2.24) is 19.6 Å². The number of nitro benzene ring substituents is 1. The summed E-state index contributed by atoms with van der Waals surface area (Å²) in [5, 5.41) is 14.9. The zero-order valence-electron chi connectivity index (χ0n) is 10.0. The summed E-state index contributed by atoms with van der Waals surface area (Å²) in [6, 6.07) is 7.96. The van der Waals surface area contributed by atoms with Gasteiger partial charge < -0.3 is 0 Å². The highest BCUT2D eigenvalue weighted by Crippen LogP contribution is 2.20. The van der Waals surface area contributed by atoms with E-state index < -0.39 is 4.92 Å². The molecule has 0 spiro atoms. The first-order valence-corrected chi connectivity index (χ1v) is 5.57. The second kappa shape index (κ2) is 4.13. The van der Waals surface area contributed by atoms with Gasteiger partial charge in [-0.05, 0) is 19.1 Å². The number of benzene rings is 1. The summed E-state index contributed by atoms with van der Waals surface area (Å²) in [5.74, 6) is 0.516. The number of nitrogens with zero attached hydrogens (tertiary/aromatic N) is 5. The minimum atomic E-state index is -0.436. The molecule has 0 atom stereocenters. The van der Waals surface area contributed by atoms with E-state index in [1.807, 2.05) is 13.0 Å². The van der Waals surface area contributed by atoms with E-state index in [0.29, 0.717) is 11.5 Å². The zero-order chi connectivity index (χ0) is 13.4. The fourth-order valence-electron chi connectivity index (χ4n) is 1.74. The van der Waals surface area contributed by atoms with Gasteiger partial charge in [-0.1, -0.05) is 0 Å². The zero-order valence-corrected chi connectivity index (χ0v) is 10.0. The van der Waals surface area contributed by atoms with Crippen molar-refractivity contribution in [3.05, 3.63) is 52.5 Å². The molecule has 3 rings (SSSR count). The van der Waals surface area contributed by atoms with Crippen LogP contribution in [0.4, 0.5) is 5.69 Å². The monoisotopic (exact) mass is 255 g/mol. The van der Waals surface area contributed by atoms with Crippen molar-refractivity contribution in [2.24, 2.45) is 0 Å². The van der Waals surface area contributed by atoms with Crippen LogP contribution in [0.1, 0.15) is 5.69 Å². The summed E-state index contributed by atoms with van der Waals surface area (Å²) in [7, 11) is 0. The van der Waals surface area contributed by atoms with Gasteiger partial charge in [0, 0.05) is 29.5 Å². The number of nitro groups is 1. The number of hydrogen-bond donors (Lipinski definition) is 0. The van der Waals surface area contributed by atoms with Crippen LogP contribution in [0.25, 0.3) is 17.0 Å². The summed E-state index contributed by atoms with van der Waals surface area (Å²) >= 11 is 0. The maximum atomic E-state index is 10.6. The van der Waals surface area contributed by atoms with E-state index >= 15 is 0 Å². The van der Waals surface area contributed by atoms with E-state index in [1.54, 1.807) is 23.0 Å². The first-order chi connectivity index (χ1) is 9.13. The first kappa shape index (κ1) is 11.3. The Kier molecular flexibility index (Phi) is 2.45. The second-order valence-electron chi connectivity index (χ2n) is 4.07. The molecule has 0 aliphatic carbocycles. The largest absolute Gasteiger partial charge is 0.269 e. The summed E-state index contributed by atoms with van der Waals surface area (Å²) in [6.45, 7) is 1.88. The molecule has 7 nitrogen and oxygen atoms in total. The van der Waals surface area contributed by atoms with Crippen molar-refractivity contribution < 1.29 is 4.92 Å². The minimum absolute atomic E-state index is 0.0463. The molecule has 0 aliphatic heterocycles. The van der Waals surface area contributed by atoms with Gasteiger partial charge in [0.15, 0.2) is 11.5 Å². The quantitative estimate of drug-likeness (QED) is 0.516. The number of aryl methyl sites for hydroxylation is 1. The van der Waals surface area contributed by atoms with Crippen molar-refractivity contribution in [1.29, 1.82) is 0 Å². The van der Waals surface area contributed by atoms with Crippen LogP contribution in [0.3, 0.4) is 0 Å². The van der Waals surface area contributed by atoms with Gasteiger partial charge in [0.25, 0.3) is 5.69 Å². The number of hydrogen-bond acceptors (Lipinski definition) is 5. The standard InChI is InChI=1S/C12H9N5O2/c1-8-6-11-14-12(15-16(11)7-13-8)9-2-4-10(5-3-9)17(18)19/h2-7H,1H3. The van der Waals surface area contributed by atoms with Crippen molar-refractivity contribution in [3.8, 4) is 11.4 Å². The number of rotatable bonds is 2. The van der Waals surface area contributed by atoms with E-state index in [4.69, 9.17) is 0 Å². The van der Waals surface area contributed by atoms with E-state index in [9.17, 15) is 10.1 Å². The molecule has 2 heterocycles. The molecular formula is C12H9N5O2. The van der Waals surface area contributed by atoms with Crippen LogP contribution in [0.15, 0.2) is 36.7 Å². The molecular weight excluding hydrogens is 246 g/mol. The normalized spacial score (nSPS) is 10.8. The Balaban J connectivity index is 2.06. The van der Waals surface area contributed by atoms with Crippen LogP contribution in [0, 0.1) is 17.0 Å². The van der Waals surface area contributed by atoms with Crippen molar-refractivity contribution in [2.45, 2.75) is 6.92 Å². The molecule has 0 saturated carbocycles. The van der Waals surface area contributed by atoms with E-state index in [1.165, 1.54) is 12.1 Å². The SMILES string of the molecule is Cc1cc2nc(-c3ccc([N+](=O)[O-])cc3)nn2cn1. The number of non-ortho nitro benzene ring substituents is 1. The highest BCUT2D eigenvalue weighted by Gasteiger charge is 2.09. The fraction of sp³-hybridized carbons (Fsp3) is 0.0833. The average molecular weight is 255 g/mol. The van der Waals surface area contributed by atoms with Crippen LogP contribution < -0.4 is 0 Å². The topological polar surface area (TPSA) is 86.2 Å². The summed E-state index contributed by atoms with van der Waals surface area (Å²) in [4.78, 5) is 18.6. The van der Waals surface area contributed by atoms with Gasteiger partial charge in [-0.15, -0.1) is 5.10 Å². The molecule has 0 bridgehead atoms. The summed E-state index contributed by atoms with van der Waals surface area (Å²) < 4.78 is 1.57. The van der Waals surface area contributed by atoms with Crippen LogP contribution in [-0.4, -0.2) is 24.5 Å². The molecule has 2 aromatic heterocycles. The lowest BCUT2D eigenvalue weighted by Gasteiger charge is -1.94. The van der Waals surface area contributed by atoms with E-state index in [0.717, 1.165) is 11.3 Å². The average Bonchev–Trinajstić information content (AvgIpc) is 2.81. The highest BCUT2D eigenvalue weighted by atomic mass is 16.6. The van der Waals surface area contributed by atoms with Gasteiger partial charge >= 0.3 is 0 Å². The van der Waals surface area contributed by atoms with Crippen molar-refractivity contribution in [3.63, 3.8) is 0 Å². The van der Waals surface area contributed by atoms with Gasteiger partial charge in [0.2, 0.25) is 0 Å². The highest BCUT2D eigenvalue weighted by molar-refractivity contribution is 5.59. The van der Waals surface area contributed by atoms with Crippen LogP contribution in [-0.2, 0) is 0 Å². The number of fused-ring (bicyclic) bond motifs is 1. The molecule has 0 fully saturated rings. The maximum Gasteiger partial charge on any atom is 0.269 e. The second-order valence-corrected chi connectivity index (χ2v) is 4.07. The van der Waals surface area contributed by atoms with Crippen LogP contribution >= 0.6 is 0 Å². The molecule has 94 valence electrons. The Morgan fingerprint density at radius 3 is 2.68 bits per heavy atom. The van der Waals surface area contributed by atoms with Gasteiger partial charge in [0.1, 0.15) is 6.33 Å². The molecule has 0 unspecified atom stereocenters. The molecule has 0 amide bonds. The Morgan fingerprint density at radius 1 is 1.26 bits per heavy atom. The Hall–Kier alpha value is -2.83. The minimum Gasteiger partial charge on any atom is -0.258 e. The predicted octanol–water partition coefficient (Wildman–Crippen LogP) is 2.01. The predicted molar refractivity (Wildman–Crippen MR) is 67.6 cm³/mol. The lowest BCUT2D eigenvalue weighted by molar-refractivity contribution is -0.384. The van der Waals surface area contributed by atoms with Crippen molar-refractivity contribution >= 4 is 11.3 Å². The molecule has 0 radical (unpaired) electrons. The molecule has 0 saturated heterocycles. The Morgan fingerprint density at radius 2 is 2.00 bits per heavy atom.